The molecule has 4 aromatic carbocycles. The number of aromatic nitrogens is 3. The van der Waals surface area contributed by atoms with Gasteiger partial charge in [-0.05, 0) is 98.7 Å². The van der Waals surface area contributed by atoms with Crippen molar-refractivity contribution in [2.75, 3.05) is 19.6 Å². The number of nitrogens with one attached hydrogen (secondary N) is 10. The number of hydrogen-bond acceptors (Lipinski definition) is 14. The fourth-order valence-electron chi connectivity index (χ4n) is 10.8. The molecule has 9 amide bonds. The Morgan fingerprint density at radius 1 is 0.474 bits per heavy atom. The molecular formula is C68H94N18O9. The molecule has 0 bridgehead atoms. The zero-order chi connectivity index (χ0) is 68.7. The number of imidazole rings is 1. The fourth-order valence-corrected chi connectivity index (χ4v) is 10.8. The maximum atomic E-state index is 15.0. The Bertz CT molecular complexity index is 3440. The largest absolute Gasteiger partial charge is 0.370 e. The van der Waals surface area contributed by atoms with Crippen molar-refractivity contribution in [2.24, 2.45) is 45.3 Å². The summed E-state index contributed by atoms with van der Waals surface area (Å²) in [7, 11) is 0. The number of hydrogen-bond donors (Lipinski definition) is 16. The van der Waals surface area contributed by atoms with Crippen LogP contribution in [-0.2, 0) is 75.3 Å². The summed E-state index contributed by atoms with van der Waals surface area (Å²) in [4.78, 5) is 144. The van der Waals surface area contributed by atoms with Crippen molar-refractivity contribution in [3.05, 3.63) is 162 Å². The Labute approximate surface area is 553 Å². The van der Waals surface area contributed by atoms with Crippen molar-refractivity contribution >= 4 is 70.0 Å². The van der Waals surface area contributed by atoms with Crippen LogP contribution in [-0.4, -0.2) is 148 Å². The molecule has 10 atom stereocenters. The van der Waals surface area contributed by atoms with Gasteiger partial charge in [-0.1, -0.05) is 129 Å². The van der Waals surface area contributed by atoms with Gasteiger partial charge in [-0.2, -0.15) is 0 Å². The molecule has 0 aliphatic heterocycles. The van der Waals surface area contributed by atoms with Crippen molar-refractivity contribution in [3.8, 4) is 0 Å². The maximum Gasteiger partial charge on any atom is 0.243 e. The van der Waals surface area contributed by atoms with E-state index >= 15 is 9.59 Å². The van der Waals surface area contributed by atoms with Gasteiger partial charge in [0.15, 0.2) is 5.96 Å². The number of aromatic amines is 2. The predicted octanol–water partition coefficient (Wildman–Crippen LogP) is 0.453. The smallest absolute Gasteiger partial charge is 0.243 e. The average Bonchev–Trinajstić information content (AvgIpc) is 1.77. The first-order chi connectivity index (χ1) is 45.8. The number of rotatable bonds is 41. The first-order valence-corrected chi connectivity index (χ1v) is 32.3. The molecule has 0 saturated carbocycles. The molecule has 0 spiro atoms. The van der Waals surface area contributed by atoms with E-state index in [9.17, 15) is 33.6 Å². The minimum atomic E-state index is -1.41. The molecule has 6 rings (SSSR count). The van der Waals surface area contributed by atoms with Crippen molar-refractivity contribution in [3.63, 3.8) is 0 Å². The van der Waals surface area contributed by atoms with E-state index in [-0.39, 0.29) is 70.4 Å². The number of benzene rings is 4. The zero-order valence-electron chi connectivity index (χ0n) is 54.0. The number of guanidine groups is 1. The Hall–Kier alpha value is -9.99. The quantitative estimate of drug-likeness (QED) is 0.0141. The van der Waals surface area contributed by atoms with Crippen LogP contribution in [0, 0.1) is 5.92 Å². The molecule has 0 unspecified atom stereocenters. The van der Waals surface area contributed by atoms with Crippen LogP contribution in [0.5, 0.6) is 0 Å². The van der Waals surface area contributed by atoms with Crippen LogP contribution in [0.25, 0.3) is 10.9 Å². The molecule has 6 aromatic rings. The molecule has 27 heteroatoms. The number of carbonyl (C=O) groups is 9. The van der Waals surface area contributed by atoms with Crippen LogP contribution in [0.15, 0.2) is 139 Å². The number of unbranched alkanes of at least 4 members (excludes halogenated alkanes) is 2. The van der Waals surface area contributed by atoms with Crippen molar-refractivity contribution < 1.29 is 43.2 Å². The molecular weight excluding hydrogens is 1210 g/mol. The van der Waals surface area contributed by atoms with E-state index in [1.807, 2.05) is 37.3 Å². The van der Waals surface area contributed by atoms with Gasteiger partial charge < -0.3 is 86.9 Å². The number of nitrogens with two attached hydrogens (primary N) is 6. The molecule has 0 saturated heterocycles. The summed E-state index contributed by atoms with van der Waals surface area (Å²) in [5.41, 5.74) is 38.7. The van der Waals surface area contributed by atoms with E-state index in [1.165, 1.54) is 12.5 Å². The number of fused-ring (bicyclic) bond motifs is 1. The van der Waals surface area contributed by atoms with Gasteiger partial charge >= 0.3 is 0 Å². The summed E-state index contributed by atoms with van der Waals surface area (Å²) >= 11 is 0. The van der Waals surface area contributed by atoms with Gasteiger partial charge in [-0.3, -0.25) is 48.1 Å². The third-order valence-corrected chi connectivity index (χ3v) is 16.4. The van der Waals surface area contributed by atoms with Crippen molar-refractivity contribution in [2.45, 2.75) is 158 Å². The number of amides is 9. The second-order valence-corrected chi connectivity index (χ2v) is 23.7. The van der Waals surface area contributed by atoms with Crippen molar-refractivity contribution in [1.82, 2.24) is 57.5 Å². The standard InChI is InChI=1S/C68H94N18O9/c1-3-42(2)58(86-66(94)55(36-45-24-11-6-12-25-45)83-64(92)56(37-46-39-77-50-28-14-13-26-48(46)50)82-60(88)49(71)27-19-33-76-68(73)74)67(95)85-54(35-44-22-9-5-10-23-44)63(91)84-57(38-47-40-75-41-78-47)65(93)80-51(29-15-17-31-69)61(89)79-52(30-16-18-32-70)62(90)81-53(59(72)87)34-43-20-7-4-8-21-43/h4-14,20-26,28,39-42,49,51-58,77H,3,15-19,27,29-38,69-71H2,1-2H3,(H2,72,87)(H,75,78)(H,79,89)(H,80,93)(H,81,90)(H,82,88)(H,83,92)(H,84,91)(H,85,95)(H,86,94)(H4,73,74,76)/t42-,49+,51+,52+,53+,54-,55-,56-,57+,58+/m1/s1. The number of aliphatic imine (C=N–C) groups is 1. The van der Waals surface area contributed by atoms with E-state index in [1.54, 1.807) is 98.0 Å². The third kappa shape index (κ3) is 24.5. The molecule has 510 valence electrons. The van der Waals surface area contributed by atoms with E-state index in [0.717, 1.165) is 16.5 Å². The summed E-state index contributed by atoms with van der Waals surface area (Å²) in [5.74, 6) is -7.31. The molecule has 0 aliphatic carbocycles. The lowest BCUT2D eigenvalue weighted by atomic mass is 9.96. The van der Waals surface area contributed by atoms with Gasteiger partial charge in [0.2, 0.25) is 53.2 Å². The van der Waals surface area contributed by atoms with Crippen LogP contribution in [0.1, 0.15) is 99.6 Å². The molecule has 95 heavy (non-hydrogen) atoms. The zero-order valence-corrected chi connectivity index (χ0v) is 54.0. The highest BCUT2D eigenvalue weighted by atomic mass is 16.2. The second kappa shape index (κ2) is 38.9. The summed E-state index contributed by atoms with van der Waals surface area (Å²) in [6.07, 6.45) is 7.30. The number of H-pyrrole nitrogens is 2. The monoisotopic (exact) mass is 1310 g/mol. The Morgan fingerprint density at radius 2 is 0.905 bits per heavy atom. The summed E-state index contributed by atoms with van der Waals surface area (Å²) in [6, 6.07) is 22.8. The van der Waals surface area contributed by atoms with Gasteiger partial charge in [-0.15, -0.1) is 0 Å². The average molecular weight is 1310 g/mol. The summed E-state index contributed by atoms with van der Waals surface area (Å²) in [6.45, 7) is 4.39. The van der Waals surface area contributed by atoms with Crippen LogP contribution in [0.3, 0.4) is 0 Å². The Balaban J connectivity index is 1.25. The number of nitrogens with zero attached hydrogens (tertiary/aromatic N) is 2. The predicted molar refractivity (Wildman–Crippen MR) is 363 cm³/mol. The number of carbonyl (C=O) groups excluding carboxylic acids is 9. The lowest BCUT2D eigenvalue weighted by molar-refractivity contribution is -0.136. The lowest BCUT2D eigenvalue weighted by Gasteiger charge is -2.30. The molecule has 0 fully saturated rings. The van der Waals surface area contributed by atoms with Gasteiger partial charge in [-0.25, -0.2) is 4.98 Å². The highest BCUT2D eigenvalue weighted by Gasteiger charge is 2.37. The van der Waals surface area contributed by atoms with E-state index < -0.39 is 113 Å². The van der Waals surface area contributed by atoms with Gasteiger partial charge in [0.05, 0.1) is 12.4 Å². The topological polar surface area (TPSA) is 463 Å². The highest BCUT2D eigenvalue weighted by Crippen LogP contribution is 2.21. The molecule has 0 aliphatic rings. The van der Waals surface area contributed by atoms with Gasteiger partial charge in [0, 0.05) is 67.6 Å². The van der Waals surface area contributed by atoms with Crippen LogP contribution in [0.4, 0.5) is 0 Å². The van der Waals surface area contributed by atoms with E-state index in [4.69, 9.17) is 34.4 Å². The normalized spacial score (nSPS) is 14.3. The fraction of sp³-hybridized carbons (Fsp3) is 0.426. The van der Waals surface area contributed by atoms with Crippen LogP contribution >= 0.6 is 0 Å². The Kier molecular flexibility index (Phi) is 30.3. The highest BCUT2D eigenvalue weighted by molar-refractivity contribution is 5.99. The minimum absolute atomic E-state index is 0.00628. The van der Waals surface area contributed by atoms with Gasteiger partial charge in [0.25, 0.3) is 0 Å². The van der Waals surface area contributed by atoms with Crippen molar-refractivity contribution in [1.29, 1.82) is 0 Å². The number of primary amides is 1. The Morgan fingerprint density at radius 3 is 1.39 bits per heavy atom. The van der Waals surface area contributed by atoms with E-state index in [0.29, 0.717) is 67.5 Å². The molecule has 2 aromatic heterocycles. The van der Waals surface area contributed by atoms with Crippen LogP contribution < -0.4 is 76.9 Å². The molecule has 22 N–H and O–H groups in total. The maximum absolute atomic E-state index is 15.0. The SMILES string of the molecule is CC[C@@H](C)[C@H](NC(=O)[C@@H](Cc1ccccc1)NC(=O)[C@@H](Cc1c[nH]c2ccccc12)NC(=O)[C@@H](N)CCCN=C(N)N)C(=O)N[C@H](Cc1ccccc1)C(=O)N[C@@H](Cc1cnc[nH]1)C(=O)N[C@@H](CCCCN)C(=O)N[C@@H](CCCCN)C(=O)N[C@@H](Cc1ccccc1)C(N)=O. The number of para-hydroxylation sites is 1. The first-order valence-electron chi connectivity index (χ1n) is 32.3. The molecule has 2 heterocycles. The minimum Gasteiger partial charge on any atom is -0.370 e. The third-order valence-electron chi connectivity index (χ3n) is 16.4. The lowest BCUT2D eigenvalue weighted by Crippen LogP contribution is -2.62. The second-order valence-electron chi connectivity index (χ2n) is 23.7. The van der Waals surface area contributed by atoms with Gasteiger partial charge in [0.1, 0.15) is 48.3 Å². The summed E-state index contributed by atoms with van der Waals surface area (Å²) < 4.78 is 0. The van der Waals surface area contributed by atoms with Crippen LogP contribution in [0.2, 0.25) is 0 Å². The summed E-state index contributed by atoms with van der Waals surface area (Å²) in [5, 5.41) is 23.4. The van der Waals surface area contributed by atoms with E-state index in [2.05, 4.69) is 62.5 Å². The molecule has 0 radical (unpaired) electrons. The molecule has 27 nitrogen and oxygen atoms in total. The first kappa shape index (κ1) is 74.1.